The van der Waals surface area contributed by atoms with E-state index >= 15 is 0 Å². The van der Waals surface area contributed by atoms with Crippen molar-refractivity contribution in [2.75, 3.05) is 0 Å². The lowest BCUT2D eigenvalue weighted by atomic mass is 10.0. The van der Waals surface area contributed by atoms with Gasteiger partial charge in [-0.1, -0.05) is 35.8 Å². The third kappa shape index (κ3) is 3.37. The summed E-state index contributed by atoms with van der Waals surface area (Å²) >= 11 is 6.04. The standard InChI is InChI=1S/C15H19ClN2O/c1-4-15(12-6-5-7-13(16)8-12)17-9-14-10(2)18-19-11(14)3/h5-8,15,17H,4,9H2,1-3H3/t15-/m0/s1. The number of aryl methyl sites for hydroxylation is 2. The molecular formula is C15H19ClN2O. The SMILES string of the molecule is CC[C@H](NCc1c(C)noc1C)c1cccc(Cl)c1. The molecule has 2 rings (SSSR count). The van der Waals surface area contributed by atoms with Crippen LogP contribution in [-0.4, -0.2) is 5.16 Å². The molecule has 1 heterocycles. The van der Waals surface area contributed by atoms with Crippen molar-refractivity contribution in [1.29, 1.82) is 0 Å². The fraction of sp³-hybridized carbons (Fsp3) is 0.400. The Labute approximate surface area is 118 Å². The molecule has 1 atom stereocenters. The van der Waals surface area contributed by atoms with E-state index in [0.717, 1.165) is 35.0 Å². The summed E-state index contributed by atoms with van der Waals surface area (Å²) in [7, 11) is 0. The largest absolute Gasteiger partial charge is 0.361 e. The van der Waals surface area contributed by atoms with Crippen LogP contribution in [0.4, 0.5) is 0 Å². The summed E-state index contributed by atoms with van der Waals surface area (Å²) in [6.45, 7) is 6.82. The molecule has 0 aliphatic rings. The first-order chi connectivity index (χ1) is 9.11. The average molecular weight is 279 g/mol. The van der Waals surface area contributed by atoms with Crippen LogP contribution >= 0.6 is 11.6 Å². The van der Waals surface area contributed by atoms with Crippen molar-refractivity contribution in [3.8, 4) is 0 Å². The predicted molar refractivity (Wildman–Crippen MR) is 77.3 cm³/mol. The Balaban J connectivity index is 2.08. The van der Waals surface area contributed by atoms with Gasteiger partial charge in [-0.3, -0.25) is 0 Å². The highest BCUT2D eigenvalue weighted by atomic mass is 35.5. The molecule has 0 aliphatic heterocycles. The van der Waals surface area contributed by atoms with Gasteiger partial charge in [0.05, 0.1) is 5.69 Å². The Morgan fingerprint density at radius 1 is 1.37 bits per heavy atom. The monoisotopic (exact) mass is 278 g/mol. The van der Waals surface area contributed by atoms with Crippen LogP contribution in [0.15, 0.2) is 28.8 Å². The fourth-order valence-corrected chi connectivity index (χ4v) is 2.40. The molecule has 3 nitrogen and oxygen atoms in total. The molecule has 0 spiro atoms. The molecule has 4 heteroatoms. The quantitative estimate of drug-likeness (QED) is 0.891. The Kier molecular flexibility index (Phi) is 4.61. The number of aromatic nitrogens is 1. The van der Waals surface area contributed by atoms with Crippen molar-refractivity contribution in [2.24, 2.45) is 0 Å². The summed E-state index contributed by atoms with van der Waals surface area (Å²) in [6.07, 6.45) is 1.00. The molecule has 0 unspecified atom stereocenters. The second kappa shape index (κ2) is 6.22. The van der Waals surface area contributed by atoms with Gasteiger partial charge in [-0.05, 0) is 38.0 Å². The zero-order chi connectivity index (χ0) is 13.8. The number of rotatable bonds is 5. The van der Waals surface area contributed by atoms with Gasteiger partial charge in [-0.25, -0.2) is 0 Å². The Bertz CT molecular complexity index is 531. The van der Waals surface area contributed by atoms with Gasteiger partial charge in [0.1, 0.15) is 5.76 Å². The van der Waals surface area contributed by atoms with E-state index in [1.165, 1.54) is 5.56 Å². The van der Waals surface area contributed by atoms with Gasteiger partial charge in [0.15, 0.2) is 0 Å². The maximum absolute atomic E-state index is 6.04. The third-order valence-corrected chi connectivity index (χ3v) is 3.60. The molecule has 102 valence electrons. The van der Waals surface area contributed by atoms with Crippen molar-refractivity contribution in [3.05, 3.63) is 51.9 Å². The summed E-state index contributed by atoms with van der Waals surface area (Å²) < 4.78 is 5.17. The lowest BCUT2D eigenvalue weighted by Crippen LogP contribution is -2.20. The normalized spacial score (nSPS) is 12.6. The van der Waals surface area contributed by atoms with E-state index < -0.39 is 0 Å². The van der Waals surface area contributed by atoms with Crippen LogP contribution in [0.5, 0.6) is 0 Å². The molecule has 0 saturated heterocycles. The maximum Gasteiger partial charge on any atom is 0.138 e. The van der Waals surface area contributed by atoms with Crippen molar-refractivity contribution < 1.29 is 4.52 Å². The van der Waals surface area contributed by atoms with Crippen molar-refractivity contribution in [2.45, 2.75) is 39.8 Å². The van der Waals surface area contributed by atoms with Crippen LogP contribution in [0.1, 0.15) is 42.0 Å². The molecule has 19 heavy (non-hydrogen) atoms. The minimum atomic E-state index is 0.285. The van der Waals surface area contributed by atoms with Crippen molar-refractivity contribution in [3.63, 3.8) is 0 Å². The molecule has 0 amide bonds. The molecule has 0 bridgehead atoms. The molecule has 2 aromatic rings. The second-order valence-corrected chi connectivity index (χ2v) is 5.14. The molecule has 0 fully saturated rings. The lowest BCUT2D eigenvalue weighted by Gasteiger charge is -2.17. The minimum absolute atomic E-state index is 0.285. The maximum atomic E-state index is 6.04. The highest BCUT2D eigenvalue weighted by Crippen LogP contribution is 2.21. The van der Waals surface area contributed by atoms with Crippen LogP contribution in [0.3, 0.4) is 0 Å². The first kappa shape index (κ1) is 14.1. The zero-order valence-electron chi connectivity index (χ0n) is 11.5. The van der Waals surface area contributed by atoms with Gasteiger partial charge in [-0.15, -0.1) is 0 Å². The molecular weight excluding hydrogens is 260 g/mol. The molecule has 1 N–H and O–H groups in total. The van der Waals surface area contributed by atoms with E-state index in [1.807, 2.05) is 32.0 Å². The van der Waals surface area contributed by atoms with Crippen LogP contribution in [0.2, 0.25) is 5.02 Å². The van der Waals surface area contributed by atoms with E-state index in [9.17, 15) is 0 Å². The number of hydrogen-bond donors (Lipinski definition) is 1. The number of nitrogens with one attached hydrogen (secondary N) is 1. The second-order valence-electron chi connectivity index (χ2n) is 4.70. The highest BCUT2D eigenvalue weighted by Gasteiger charge is 2.13. The van der Waals surface area contributed by atoms with Crippen molar-refractivity contribution >= 4 is 11.6 Å². The van der Waals surface area contributed by atoms with E-state index in [2.05, 4.69) is 23.5 Å². The van der Waals surface area contributed by atoms with Gasteiger partial charge < -0.3 is 9.84 Å². The molecule has 0 radical (unpaired) electrons. The summed E-state index contributed by atoms with van der Waals surface area (Å²) in [5, 5.41) is 8.28. The van der Waals surface area contributed by atoms with E-state index in [-0.39, 0.29) is 6.04 Å². The zero-order valence-corrected chi connectivity index (χ0v) is 12.3. The number of hydrogen-bond acceptors (Lipinski definition) is 3. The predicted octanol–water partition coefficient (Wildman–Crippen LogP) is 4.19. The molecule has 1 aromatic heterocycles. The van der Waals surface area contributed by atoms with Gasteiger partial charge >= 0.3 is 0 Å². The van der Waals surface area contributed by atoms with Gasteiger partial charge in [0.25, 0.3) is 0 Å². The van der Waals surface area contributed by atoms with Gasteiger partial charge in [0.2, 0.25) is 0 Å². The summed E-state index contributed by atoms with van der Waals surface area (Å²) in [5.41, 5.74) is 3.30. The first-order valence-corrected chi connectivity index (χ1v) is 6.90. The Hall–Kier alpha value is -1.32. The van der Waals surface area contributed by atoms with Crippen LogP contribution < -0.4 is 5.32 Å². The number of halogens is 1. The number of nitrogens with zero attached hydrogens (tertiary/aromatic N) is 1. The summed E-state index contributed by atoms with van der Waals surface area (Å²) in [4.78, 5) is 0. The molecule has 0 aliphatic carbocycles. The minimum Gasteiger partial charge on any atom is -0.361 e. The van der Waals surface area contributed by atoms with Gasteiger partial charge in [-0.2, -0.15) is 0 Å². The van der Waals surface area contributed by atoms with Crippen LogP contribution in [0.25, 0.3) is 0 Å². The van der Waals surface area contributed by atoms with E-state index in [0.29, 0.717) is 0 Å². The van der Waals surface area contributed by atoms with Crippen LogP contribution in [-0.2, 0) is 6.54 Å². The molecule has 1 aromatic carbocycles. The van der Waals surface area contributed by atoms with E-state index in [4.69, 9.17) is 16.1 Å². The van der Waals surface area contributed by atoms with Crippen LogP contribution in [0, 0.1) is 13.8 Å². The topological polar surface area (TPSA) is 38.1 Å². The Morgan fingerprint density at radius 2 is 2.16 bits per heavy atom. The third-order valence-electron chi connectivity index (χ3n) is 3.37. The fourth-order valence-electron chi connectivity index (χ4n) is 2.20. The first-order valence-electron chi connectivity index (χ1n) is 6.52. The highest BCUT2D eigenvalue weighted by molar-refractivity contribution is 6.30. The van der Waals surface area contributed by atoms with Gasteiger partial charge in [0, 0.05) is 23.2 Å². The summed E-state index contributed by atoms with van der Waals surface area (Å²) in [6, 6.07) is 8.27. The smallest absolute Gasteiger partial charge is 0.138 e. The lowest BCUT2D eigenvalue weighted by molar-refractivity contribution is 0.391. The summed E-state index contributed by atoms with van der Waals surface area (Å²) in [5.74, 6) is 0.881. The Morgan fingerprint density at radius 3 is 2.74 bits per heavy atom. The average Bonchev–Trinajstić information content (AvgIpc) is 2.71. The van der Waals surface area contributed by atoms with Crippen molar-refractivity contribution in [1.82, 2.24) is 10.5 Å². The van der Waals surface area contributed by atoms with E-state index in [1.54, 1.807) is 0 Å². The molecule has 0 saturated carbocycles. The number of benzene rings is 1.